The van der Waals surface area contributed by atoms with Gasteiger partial charge in [0.1, 0.15) is 12.4 Å². The molecule has 0 aromatic heterocycles. The number of nitrogens with zero attached hydrogens (tertiary/aromatic N) is 2. The molecule has 1 heterocycles. The fourth-order valence-corrected chi connectivity index (χ4v) is 3.45. The van der Waals surface area contributed by atoms with Crippen molar-refractivity contribution in [3.63, 3.8) is 0 Å². The highest BCUT2D eigenvalue weighted by molar-refractivity contribution is 8.15. The van der Waals surface area contributed by atoms with Crippen LogP contribution < -0.4 is 19.9 Å². The summed E-state index contributed by atoms with van der Waals surface area (Å²) in [6.45, 7) is 0.0497. The lowest BCUT2D eigenvalue weighted by Crippen LogP contribution is -2.31. The quantitative estimate of drug-likeness (QED) is 0.501. The van der Waals surface area contributed by atoms with Crippen molar-refractivity contribution < 1.29 is 28.6 Å². The molecule has 8 nitrogen and oxygen atoms in total. The minimum atomic E-state index is -1.31. The van der Waals surface area contributed by atoms with Gasteiger partial charge >= 0.3 is 0 Å². The van der Waals surface area contributed by atoms with E-state index in [9.17, 15) is 19.1 Å². The van der Waals surface area contributed by atoms with Crippen LogP contribution in [0.2, 0.25) is 0 Å². The predicted molar refractivity (Wildman–Crippen MR) is 108 cm³/mol. The van der Waals surface area contributed by atoms with Crippen LogP contribution in [0.5, 0.6) is 11.5 Å². The van der Waals surface area contributed by atoms with Gasteiger partial charge in [-0.1, -0.05) is 30.0 Å². The van der Waals surface area contributed by atoms with E-state index in [1.807, 2.05) is 0 Å². The molecule has 2 aromatic rings. The molecular weight excluding hydrogens is 413 g/mol. The Morgan fingerprint density at radius 2 is 2.10 bits per heavy atom. The van der Waals surface area contributed by atoms with Crippen molar-refractivity contribution in [1.82, 2.24) is 5.32 Å². The van der Waals surface area contributed by atoms with Gasteiger partial charge < -0.3 is 24.7 Å². The van der Waals surface area contributed by atoms with Crippen LogP contribution in [-0.2, 0) is 16.2 Å². The maximum absolute atomic E-state index is 13.7. The molecule has 0 radical (unpaired) electrons. The number of thioether (sulfide) groups is 1. The van der Waals surface area contributed by atoms with E-state index < -0.39 is 23.5 Å². The van der Waals surface area contributed by atoms with Gasteiger partial charge in [-0.2, -0.15) is 5.10 Å². The average molecular weight is 430 g/mol. The molecule has 0 bridgehead atoms. The molecule has 10 heteroatoms. The second-order valence-corrected chi connectivity index (χ2v) is 7.30. The Bertz CT molecular complexity index is 1010. The number of methoxy groups -OCH3 is 1. The molecule has 156 valence electrons. The zero-order valence-electron chi connectivity index (χ0n) is 15.8. The summed E-state index contributed by atoms with van der Waals surface area (Å²) in [5, 5.41) is 20.3. The molecule has 1 aliphatic rings. The van der Waals surface area contributed by atoms with Crippen molar-refractivity contribution in [3.05, 3.63) is 59.4 Å². The molecule has 1 amide bonds. The Balaban J connectivity index is 1.64. The lowest BCUT2D eigenvalue weighted by Gasteiger charge is -2.11. The Kier molecular flexibility index (Phi) is 7.02. The number of hydrogen-bond acceptors (Lipinski definition) is 8. The van der Waals surface area contributed by atoms with E-state index in [0.29, 0.717) is 22.6 Å². The van der Waals surface area contributed by atoms with Gasteiger partial charge in [-0.3, -0.25) is 4.79 Å². The van der Waals surface area contributed by atoms with E-state index in [4.69, 9.17) is 9.47 Å². The third-order valence-electron chi connectivity index (χ3n) is 4.01. The molecule has 1 fully saturated rings. The number of carbonyl (C=O) groups is 2. The fraction of sp³-hybridized carbons (Fsp3) is 0.200. The molecule has 3 rings (SSSR count). The number of hydrogen-bond donors (Lipinski definition) is 1. The summed E-state index contributed by atoms with van der Waals surface area (Å²) in [4.78, 5) is 22.3. The Labute approximate surface area is 175 Å². The molecule has 2 aromatic carbocycles. The van der Waals surface area contributed by atoms with Gasteiger partial charge in [-0.15, -0.1) is 5.10 Å². The summed E-state index contributed by atoms with van der Waals surface area (Å²) in [7, 11) is 1.48. The van der Waals surface area contributed by atoms with E-state index in [1.54, 1.807) is 36.4 Å². The van der Waals surface area contributed by atoms with Gasteiger partial charge in [0.25, 0.3) is 0 Å². The number of halogens is 1. The molecule has 1 atom stereocenters. The van der Waals surface area contributed by atoms with Crippen LogP contribution in [0, 0.1) is 5.82 Å². The lowest BCUT2D eigenvalue weighted by molar-refractivity contribution is -0.305. The number of amides is 1. The normalized spacial score (nSPS) is 17.3. The fourth-order valence-electron chi connectivity index (χ4n) is 2.54. The van der Waals surface area contributed by atoms with Crippen molar-refractivity contribution in [3.8, 4) is 11.5 Å². The third kappa shape index (κ3) is 5.57. The Morgan fingerprint density at radius 3 is 2.83 bits per heavy atom. The summed E-state index contributed by atoms with van der Waals surface area (Å²) >= 11 is 0.977. The predicted octanol–water partition coefficient (Wildman–Crippen LogP) is 1.47. The van der Waals surface area contributed by atoms with Crippen LogP contribution in [0.4, 0.5) is 4.39 Å². The van der Waals surface area contributed by atoms with Gasteiger partial charge in [-0.25, -0.2) is 4.39 Å². The van der Waals surface area contributed by atoms with E-state index in [-0.39, 0.29) is 17.6 Å². The molecule has 0 saturated carbocycles. The highest BCUT2D eigenvalue weighted by Crippen LogP contribution is 2.28. The number of nitrogens with one attached hydrogen (secondary N) is 1. The topological polar surface area (TPSA) is 112 Å². The first-order chi connectivity index (χ1) is 14.5. The summed E-state index contributed by atoms with van der Waals surface area (Å²) < 4.78 is 24.7. The van der Waals surface area contributed by atoms with Crippen molar-refractivity contribution in [2.24, 2.45) is 10.2 Å². The molecule has 30 heavy (non-hydrogen) atoms. The molecule has 0 unspecified atom stereocenters. The first kappa shape index (κ1) is 21.3. The first-order valence-electron chi connectivity index (χ1n) is 8.79. The van der Waals surface area contributed by atoms with Crippen molar-refractivity contribution >= 4 is 35.0 Å². The second-order valence-electron chi connectivity index (χ2n) is 6.11. The van der Waals surface area contributed by atoms with Gasteiger partial charge in [0.05, 0.1) is 18.6 Å². The number of aliphatic carboxylic acids is 1. The molecule has 1 N–H and O–H groups in total. The van der Waals surface area contributed by atoms with Crippen LogP contribution in [0.1, 0.15) is 17.5 Å². The maximum atomic E-state index is 13.7. The minimum Gasteiger partial charge on any atom is -0.550 e. The minimum absolute atomic E-state index is 0.0497. The summed E-state index contributed by atoms with van der Waals surface area (Å²) in [6, 6.07) is 11.4. The molecular formula is C20H17FN3O5S-. The van der Waals surface area contributed by atoms with Crippen molar-refractivity contribution in [1.29, 1.82) is 0 Å². The smallest absolute Gasteiger partial charge is 0.239 e. The van der Waals surface area contributed by atoms with Crippen LogP contribution in [0.3, 0.4) is 0 Å². The molecule has 0 spiro atoms. The van der Waals surface area contributed by atoms with E-state index in [0.717, 1.165) is 11.8 Å². The number of carboxylic acids is 1. The highest BCUT2D eigenvalue weighted by atomic mass is 32.2. The third-order valence-corrected chi connectivity index (χ3v) is 5.08. The summed E-state index contributed by atoms with van der Waals surface area (Å²) in [5.74, 6) is -1.24. The molecule has 0 aliphatic carbocycles. The van der Waals surface area contributed by atoms with Gasteiger partial charge in [0, 0.05) is 18.0 Å². The van der Waals surface area contributed by atoms with Crippen LogP contribution in [0.15, 0.2) is 52.7 Å². The number of carboxylic acid groups (broad SMARTS) is 1. The van der Waals surface area contributed by atoms with Crippen molar-refractivity contribution in [2.75, 3.05) is 7.11 Å². The SMILES string of the molecule is COc1cc(/C=N\N=C2\NC(=O)[C@H](CC(=O)[O-])S2)ccc1OCc1ccccc1F. The number of ether oxygens (including phenoxy) is 2. The van der Waals surface area contributed by atoms with Crippen LogP contribution in [-0.4, -0.2) is 35.6 Å². The molecule has 1 saturated heterocycles. The van der Waals surface area contributed by atoms with Crippen LogP contribution in [0.25, 0.3) is 0 Å². The summed E-state index contributed by atoms with van der Waals surface area (Å²) in [5.41, 5.74) is 1.07. The zero-order valence-corrected chi connectivity index (χ0v) is 16.6. The van der Waals surface area contributed by atoms with E-state index in [2.05, 4.69) is 15.5 Å². The van der Waals surface area contributed by atoms with E-state index >= 15 is 0 Å². The highest BCUT2D eigenvalue weighted by Gasteiger charge is 2.30. The van der Waals surface area contributed by atoms with Gasteiger partial charge in [-0.05, 0) is 29.8 Å². The lowest BCUT2D eigenvalue weighted by atomic mass is 10.2. The summed E-state index contributed by atoms with van der Waals surface area (Å²) in [6.07, 6.45) is 1.04. The number of rotatable bonds is 8. The number of carbonyl (C=O) groups excluding carboxylic acids is 2. The van der Waals surface area contributed by atoms with Crippen molar-refractivity contribution in [2.45, 2.75) is 18.3 Å². The van der Waals surface area contributed by atoms with Gasteiger partial charge in [0.2, 0.25) is 5.91 Å². The average Bonchev–Trinajstić information content (AvgIpc) is 3.06. The largest absolute Gasteiger partial charge is 0.550 e. The number of amidine groups is 1. The Morgan fingerprint density at radius 1 is 1.30 bits per heavy atom. The van der Waals surface area contributed by atoms with E-state index in [1.165, 1.54) is 19.4 Å². The molecule has 1 aliphatic heterocycles. The zero-order chi connectivity index (χ0) is 21.5. The maximum Gasteiger partial charge on any atom is 0.239 e. The first-order valence-corrected chi connectivity index (χ1v) is 9.67. The van der Waals surface area contributed by atoms with Crippen LogP contribution >= 0.6 is 11.8 Å². The van der Waals surface area contributed by atoms with Gasteiger partial charge in [0.15, 0.2) is 16.7 Å². The number of benzene rings is 2. The second kappa shape index (κ2) is 9.88. The monoisotopic (exact) mass is 430 g/mol. The standard InChI is InChI=1S/C20H18FN3O5S/c1-28-16-8-12(6-7-15(16)29-11-13-4-2-3-5-14(13)21)10-22-24-20-23-19(27)17(30-20)9-18(25)26/h2-8,10,17H,9,11H2,1H3,(H,25,26)(H,23,24,27)/p-1/b22-10-/t17-/m0/s1. The Hall–Kier alpha value is -3.40.